The van der Waals surface area contributed by atoms with Gasteiger partial charge in [-0.1, -0.05) is 37.0 Å². The lowest BCUT2D eigenvalue weighted by Gasteiger charge is -2.30. The van der Waals surface area contributed by atoms with Crippen LogP contribution in [0, 0.1) is 0 Å². The van der Waals surface area contributed by atoms with Crippen molar-refractivity contribution in [2.45, 2.75) is 20.3 Å². The fraction of sp³-hybridized carbons (Fsp3) is 0.476. The van der Waals surface area contributed by atoms with Crippen LogP contribution in [0.15, 0.2) is 22.5 Å². The van der Waals surface area contributed by atoms with Crippen molar-refractivity contribution in [2.24, 2.45) is 4.99 Å². The molecule has 2 aromatic rings. The number of benzene rings is 1. The van der Waals surface area contributed by atoms with Crippen molar-refractivity contribution in [2.75, 3.05) is 52.0 Å². The van der Waals surface area contributed by atoms with Gasteiger partial charge in [-0.2, -0.15) is 0 Å². The van der Waals surface area contributed by atoms with E-state index in [0.29, 0.717) is 33.9 Å². The zero-order valence-electron chi connectivity index (χ0n) is 17.8. The van der Waals surface area contributed by atoms with Crippen molar-refractivity contribution in [1.29, 1.82) is 0 Å². The number of amidine groups is 1. The first-order chi connectivity index (χ1) is 14.5. The Labute approximate surface area is 192 Å². The zero-order valence-corrected chi connectivity index (χ0v) is 20.1. The topological polar surface area (TPSA) is 49.3 Å². The molecule has 0 saturated carbocycles. The molecule has 1 aliphatic rings. The van der Waals surface area contributed by atoms with Crippen molar-refractivity contribution in [3.63, 3.8) is 0 Å². The minimum atomic E-state index is 0.401. The maximum atomic E-state index is 6.63. The molecule has 0 radical (unpaired) electrons. The van der Waals surface area contributed by atoms with Crippen LogP contribution in [0.3, 0.4) is 0 Å². The molecule has 1 aromatic heterocycles. The summed E-state index contributed by atoms with van der Waals surface area (Å²) < 4.78 is 10.8. The fourth-order valence-electron chi connectivity index (χ4n) is 3.47. The monoisotopic (exact) mass is 470 g/mol. The van der Waals surface area contributed by atoms with Crippen LogP contribution in [0.2, 0.25) is 10.0 Å². The molecule has 0 saturated heterocycles. The molecule has 0 spiro atoms. The van der Waals surface area contributed by atoms with E-state index in [9.17, 15) is 0 Å². The van der Waals surface area contributed by atoms with Crippen LogP contribution >= 0.6 is 34.5 Å². The molecular weight excluding hydrogens is 443 g/mol. The number of hydrogen-bond acceptors (Lipinski definition) is 7. The minimum Gasteiger partial charge on any atom is -0.495 e. The predicted molar refractivity (Wildman–Crippen MR) is 128 cm³/mol. The van der Waals surface area contributed by atoms with E-state index in [-0.39, 0.29) is 0 Å². The van der Waals surface area contributed by atoms with E-state index in [1.54, 1.807) is 31.6 Å². The predicted octanol–water partition coefficient (Wildman–Crippen LogP) is 5.25. The molecule has 2 heterocycles. The van der Waals surface area contributed by atoms with Crippen LogP contribution in [-0.4, -0.2) is 57.8 Å². The lowest BCUT2D eigenvalue weighted by Crippen LogP contribution is -2.34. The van der Waals surface area contributed by atoms with Crippen LogP contribution in [0.4, 0.5) is 11.4 Å². The third-order valence-corrected chi connectivity index (χ3v) is 6.82. The Morgan fingerprint density at radius 3 is 2.43 bits per heavy atom. The van der Waals surface area contributed by atoms with Gasteiger partial charge in [0.05, 0.1) is 30.5 Å². The van der Waals surface area contributed by atoms with E-state index in [0.717, 1.165) is 49.0 Å². The SMILES string of the molecule is CCN(CC)CCCNC1=NCN(c2c(Cl)c(OC)cc(OC)c2Cl)c2ccsc21. The first-order valence-corrected chi connectivity index (χ1v) is 11.6. The van der Waals surface area contributed by atoms with Gasteiger partial charge in [0.15, 0.2) is 0 Å². The maximum Gasteiger partial charge on any atom is 0.143 e. The van der Waals surface area contributed by atoms with Crippen molar-refractivity contribution in [3.05, 3.63) is 32.4 Å². The fourth-order valence-corrected chi connectivity index (χ4v) is 5.05. The summed E-state index contributed by atoms with van der Waals surface area (Å²) >= 11 is 14.9. The number of aliphatic imine (C=N–C) groups is 1. The van der Waals surface area contributed by atoms with E-state index in [1.165, 1.54) is 0 Å². The van der Waals surface area contributed by atoms with Crippen LogP contribution in [0.25, 0.3) is 0 Å². The molecule has 30 heavy (non-hydrogen) atoms. The highest BCUT2D eigenvalue weighted by Gasteiger charge is 2.28. The van der Waals surface area contributed by atoms with Gasteiger partial charge >= 0.3 is 0 Å². The number of nitrogens with zero attached hydrogens (tertiary/aromatic N) is 3. The van der Waals surface area contributed by atoms with E-state index in [2.05, 4.69) is 35.5 Å². The number of thiophene rings is 1. The second-order valence-corrected chi connectivity index (χ2v) is 8.45. The third kappa shape index (κ3) is 4.64. The number of fused-ring (bicyclic) bond motifs is 1. The molecule has 0 fully saturated rings. The summed E-state index contributed by atoms with van der Waals surface area (Å²) in [5.74, 6) is 1.93. The van der Waals surface area contributed by atoms with Gasteiger partial charge < -0.3 is 24.6 Å². The Hall–Kier alpha value is -1.67. The first kappa shape index (κ1) is 23.0. The standard InChI is InChI=1S/C21H28Cl2N4O2S/c1-5-26(6-2)10-7-9-24-21-20-14(8-11-30-20)27(13-25-21)19-17(22)15(28-3)12-16(29-4)18(19)23/h8,11-12H,5-7,9-10,13H2,1-4H3,(H,24,25). The zero-order chi connectivity index (χ0) is 21.7. The number of anilines is 2. The summed E-state index contributed by atoms with van der Waals surface area (Å²) in [6, 6.07) is 3.75. The summed E-state index contributed by atoms with van der Waals surface area (Å²) in [4.78, 5) is 10.3. The third-order valence-electron chi connectivity index (χ3n) is 5.18. The molecule has 9 heteroatoms. The minimum absolute atomic E-state index is 0.401. The van der Waals surface area contributed by atoms with Gasteiger partial charge in [0.2, 0.25) is 0 Å². The van der Waals surface area contributed by atoms with Crippen molar-refractivity contribution >= 4 is 51.7 Å². The number of ether oxygens (including phenoxy) is 2. The van der Waals surface area contributed by atoms with Gasteiger partial charge in [-0.25, -0.2) is 4.99 Å². The molecule has 1 aromatic carbocycles. The summed E-state index contributed by atoms with van der Waals surface area (Å²) in [6.45, 7) is 8.89. The van der Waals surface area contributed by atoms with Crippen molar-refractivity contribution in [3.8, 4) is 11.5 Å². The van der Waals surface area contributed by atoms with E-state index < -0.39 is 0 Å². The van der Waals surface area contributed by atoms with Crippen LogP contribution in [-0.2, 0) is 0 Å². The quantitative estimate of drug-likeness (QED) is 0.507. The van der Waals surface area contributed by atoms with Gasteiger partial charge in [-0.05, 0) is 37.5 Å². The summed E-state index contributed by atoms with van der Waals surface area (Å²) in [6.07, 6.45) is 1.07. The molecule has 6 nitrogen and oxygen atoms in total. The summed E-state index contributed by atoms with van der Waals surface area (Å²) in [5.41, 5.74) is 1.65. The van der Waals surface area contributed by atoms with Gasteiger partial charge in [-0.15, -0.1) is 11.3 Å². The molecule has 164 valence electrons. The Balaban J connectivity index is 1.82. The Morgan fingerprint density at radius 1 is 1.17 bits per heavy atom. The van der Waals surface area contributed by atoms with Crippen molar-refractivity contribution < 1.29 is 9.47 Å². The highest BCUT2D eigenvalue weighted by molar-refractivity contribution is 7.12. The second kappa shape index (κ2) is 10.6. The van der Waals surface area contributed by atoms with Gasteiger partial charge in [0.25, 0.3) is 0 Å². The number of rotatable bonds is 9. The average Bonchev–Trinajstić information content (AvgIpc) is 3.25. The van der Waals surface area contributed by atoms with E-state index in [4.69, 9.17) is 37.7 Å². The highest BCUT2D eigenvalue weighted by Crippen LogP contribution is 2.49. The lowest BCUT2D eigenvalue weighted by molar-refractivity contribution is 0.300. The Bertz CT molecular complexity index is 871. The molecule has 1 aliphatic heterocycles. The largest absolute Gasteiger partial charge is 0.495 e. The lowest BCUT2D eigenvalue weighted by atomic mass is 10.2. The number of nitrogens with one attached hydrogen (secondary N) is 1. The van der Waals surface area contributed by atoms with Crippen LogP contribution in [0.5, 0.6) is 11.5 Å². The molecular formula is C21H28Cl2N4O2S. The van der Waals surface area contributed by atoms with E-state index >= 15 is 0 Å². The van der Waals surface area contributed by atoms with E-state index in [1.807, 2.05) is 4.90 Å². The number of hydrogen-bond donors (Lipinski definition) is 1. The molecule has 1 N–H and O–H groups in total. The van der Waals surface area contributed by atoms with Gasteiger partial charge in [0, 0.05) is 12.6 Å². The summed E-state index contributed by atoms with van der Waals surface area (Å²) in [5, 5.41) is 6.43. The van der Waals surface area contributed by atoms with Gasteiger partial charge in [-0.3, -0.25) is 0 Å². The normalized spacial score (nSPS) is 13.3. The molecule has 0 amide bonds. The Morgan fingerprint density at radius 2 is 1.83 bits per heavy atom. The second-order valence-electron chi connectivity index (χ2n) is 6.78. The average molecular weight is 471 g/mol. The molecule has 3 rings (SSSR count). The first-order valence-electron chi connectivity index (χ1n) is 10.0. The van der Waals surface area contributed by atoms with Crippen LogP contribution in [0.1, 0.15) is 25.1 Å². The molecule has 0 bridgehead atoms. The maximum absolute atomic E-state index is 6.63. The summed E-state index contributed by atoms with van der Waals surface area (Å²) in [7, 11) is 3.14. The Kier molecular flexibility index (Phi) is 8.11. The number of methoxy groups -OCH3 is 2. The molecule has 0 unspecified atom stereocenters. The smallest absolute Gasteiger partial charge is 0.143 e. The molecule has 0 aliphatic carbocycles. The van der Waals surface area contributed by atoms with Gasteiger partial charge in [0.1, 0.15) is 34.0 Å². The number of halogens is 2. The van der Waals surface area contributed by atoms with Crippen LogP contribution < -0.4 is 19.7 Å². The van der Waals surface area contributed by atoms with Crippen molar-refractivity contribution in [1.82, 2.24) is 10.2 Å². The highest BCUT2D eigenvalue weighted by atomic mass is 35.5. The molecule has 0 atom stereocenters.